The lowest BCUT2D eigenvalue weighted by Crippen LogP contribution is -2.53. The van der Waals surface area contributed by atoms with Gasteiger partial charge in [-0.15, -0.1) is 0 Å². The third-order valence-electron chi connectivity index (χ3n) is 7.57. The zero-order chi connectivity index (χ0) is 18.9. The lowest BCUT2D eigenvalue weighted by Gasteiger charge is -2.49. The fraction of sp³-hybridized carbons (Fsp3) is 1.00. The van der Waals surface area contributed by atoms with Gasteiger partial charge in [-0.25, -0.2) is 0 Å². The van der Waals surface area contributed by atoms with Gasteiger partial charge in [0.2, 0.25) is 0 Å². The van der Waals surface area contributed by atoms with Crippen LogP contribution in [0.5, 0.6) is 0 Å². The van der Waals surface area contributed by atoms with E-state index in [1.807, 2.05) is 14.2 Å². The molecule has 0 spiro atoms. The monoisotopic (exact) mass is 368 g/mol. The highest BCUT2D eigenvalue weighted by atomic mass is 28.4. The van der Waals surface area contributed by atoms with Gasteiger partial charge in [0.15, 0.2) is 0 Å². The minimum atomic E-state index is -2.18. The summed E-state index contributed by atoms with van der Waals surface area (Å²) in [6, 6.07) is 0. The van der Waals surface area contributed by atoms with Crippen molar-refractivity contribution in [2.45, 2.75) is 104 Å². The number of hydrogen-bond acceptors (Lipinski definition) is 2. The van der Waals surface area contributed by atoms with Crippen molar-refractivity contribution in [3.63, 3.8) is 0 Å². The van der Waals surface area contributed by atoms with Crippen molar-refractivity contribution in [1.29, 1.82) is 0 Å². The Bertz CT molecular complexity index is 381. The second-order valence-corrected chi connectivity index (χ2v) is 14.9. The van der Waals surface area contributed by atoms with Crippen molar-refractivity contribution < 1.29 is 8.85 Å². The zero-order valence-electron chi connectivity index (χ0n) is 18.3. The lowest BCUT2D eigenvalue weighted by molar-refractivity contribution is 0.124. The first-order valence-corrected chi connectivity index (χ1v) is 12.6. The normalized spacial score (nSPS) is 32.6. The molecule has 3 heteroatoms. The first kappa shape index (κ1) is 21.4. The van der Waals surface area contributed by atoms with Crippen molar-refractivity contribution >= 4 is 8.56 Å². The largest absolute Gasteiger partial charge is 0.397 e. The highest BCUT2D eigenvalue weighted by molar-refractivity contribution is 6.70. The van der Waals surface area contributed by atoms with Gasteiger partial charge in [0.05, 0.1) is 0 Å². The van der Waals surface area contributed by atoms with Gasteiger partial charge in [0, 0.05) is 25.3 Å². The van der Waals surface area contributed by atoms with E-state index in [-0.39, 0.29) is 0 Å². The SMILES string of the molecule is CO[Si](OC)(C1CCCC(C(C)(C)C)C1)C1CCCC(C(C)(C)C)C1. The lowest BCUT2D eigenvalue weighted by atomic mass is 9.72. The van der Waals surface area contributed by atoms with E-state index in [2.05, 4.69) is 41.5 Å². The van der Waals surface area contributed by atoms with Crippen molar-refractivity contribution in [2.24, 2.45) is 22.7 Å². The molecular formula is C22H44O2Si. The summed E-state index contributed by atoms with van der Waals surface area (Å²) in [4.78, 5) is 0. The van der Waals surface area contributed by atoms with Crippen LogP contribution in [0.15, 0.2) is 0 Å². The molecule has 2 nitrogen and oxygen atoms in total. The van der Waals surface area contributed by atoms with Crippen LogP contribution in [0, 0.1) is 22.7 Å². The van der Waals surface area contributed by atoms with Crippen LogP contribution in [0.4, 0.5) is 0 Å². The molecule has 0 amide bonds. The van der Waals surface area contributed by atoms with Gasteiger partial charge in [0.1, 0.15) is 0 Å². The molecule has 4 atom stereocenters. The molecule has 0 saturated heterocycles. The molecular weight excluding hydrogens is 324 g/mol. The Hall–Kier alpha value is 0.137. The van der Waals surface area contributed by atoms with Crippen molar-refractivity contribution in [2.75, 3.05) is 14.2 Å². The fourth-order valence-corrected chi connectivity index (χ4v) is 10.4. The van der Waals surface area contributed by atoms with Gasteiger partial charge in [-0.3, -0.25) is 0 Å². The van der Waals surface area contributed by atoms with Crippen LogP contribution in [0.3, 0.4) is 0 Å². The smallest absolute Gasteiger partial charge is 0.344 e. The van der Waals surface area contributed by atoms with Crippen molar-refractivity contribution in [3.05, 3.63) is 0 Å². The maximum Gasteiger partial charge on any atom is 0.344 e. The molecule has 0 aromatic carbocycles. The van der Waals surface area contributed by atoms with Crippen molar-refractivity contribution in [1.82, 2.24) is 0 Å². The van der Waals surface area contributed by atoms with Gasteiger partial charge in [0.25, 0.3) is 0 Å². The summed E-state index contributed by atoms with van der Waals surface area (Å²) in [5.74, 6) is 1.62. The number of rotatable bonds is 4. The molecule has 4 unspecified atom stereocenters. The highest BCUT2D eigenvalue weighted by Crippen LogP contribution is 2.54. The Morgan fingerprint density at radius 2 is 1.00 bits per heavy atom. The van der Waals surface area contributed by atoms with E-state index in [1.165, 1.54) is 51.4 Å². The summed E-state index contributed by atoms with van der Waals surface area (Å²) in [7, 11) is 1.73. The molecule has 0 heterocycles. The third-order valence-corrected chi connectivity index (χ3v) is 12.2. The quantitative estimate of drug-likeness (QED) is 0.501. The molecule has 148 valence electrons. The summed E-state index contributed by atoms with van der Waals surface area (Å²) >= 11 is 0. The minimum absolute atomic E-state index is 0.404. The standard InChI is InChI=1S/C22H44O2Si/c1-21(2,3)17-11-9-13-19(15-17)25(23-7,24-8)20-14-10-12-18(16-20)22(4,5)6/h17-20H,9-16H2,1-8H3. The van der Waals surface area contributed by atoms with Crippen LogP contribution in [-0.4, -0.2) is 22.8 Å². The molecule has 0 radical (unpaired) electrons. The number of hydrogen-bond donors (Lipinski definition) is 0. The fourth-order valence-electron chi connectivity index (χ4n) is 5.77. The topological polar surface area (TPSA) is 18.5 Å². The first-order valence-electron chi connectivity index (χ1n) is 10.6. The summed E-state index contributed by atoms with van der Waals surface area (Å²) in [6.07, 6.45) is 10.7. The van der Waals surface area contributed by atoms with E-state index >= 15 is 0 Å². The maximum atomic E-state index is 6.40. The average Bonchev–Trinajstić information content (AvgIpc) is 2.56. The van der Waals surface area contributed by atoms with Crippen LogP contribution < -0.4 is 0 Å². The second-order valence-electron chi connectivity index (χ2n) is 11.0. The second kappa shape index (κ2) is 8.02. The van der Waals surface area contributed by atoms with E-state index in [1.54, 1.807) is 0 Å². The molecule has 2 fully saturated rings. The maximum absolute atomic E-state index is 6.40. The minimum Gasteiger partial charge on any atom is -0.397 e. The van der Waals surface area contributed by atoms with Crippen LogP contribution >= 0.6 is 0 Å². The van der Waals surface area contributed by atoms with Gasteiger partial charge in [-0.1, -0.05) is 54.4 Å². The molecule has 0 N–H and O–H groups in total. The summed E-state index contributed by atoms with van der Waals surface area (Å²) < 4.78 is 12.8. The van der Waals surface area contributed by atoms with Gasteiger partial charge in [-0.2, -0.15) is 0 Å². The highest BCUT2D eigenvalue weighted by Gasteiger charge is 2.54. The van der Waals surface area contributed by atoms with Crippen LogP contribution in [0.25, 0.3) is 0 Å². The van der Waals surface area contributed by atoms with Crippen LogP contribution in [-0.2, 0) is 8.85 Å². The molecule has 0 aromatic heterocycles. The van der Waals surface area contributed by atoms with E-state index in [9.17, 15) is 0 Å². The Morgan fingerprint density at radius 3 is 1.28 bits per heavy atom. The molecule has 2 aliphatic carbocycles. The average molecular weight is 369 g/mol. The Labute approximate surface area is 158 Å². The molecule has 2 aliphatic rings. The predicted octanol–water partition coefficient (Wildman–Crippen LogP) is 6.93. The Morgan fingerprint density at radius 1 is 0.640 bits per heavy atom. The Balaban J connectivity index is 2.22. The predicted molar refractivity (Wildman–Crippen MR) is 110 cm³/mol. The summed E-state index contributed by atoms with van der Waals surface area (Å²) in [5.41, 5.74) is 2.15. The summed E-state index contributed by atoms with van der Waals surface area (Å²) in [6.45, 7) is 14.5. The molecule has 2 rings (SSSR count). The summed E-state index contributed by atoms with van der Waals surface area (Å²) in [5, 5.41) is 0. The van der Waals surface area contributed by atoms with E-state index in [0.29, 0.717) is 21.9 Å². The van der Waals surface area contributed by atoms with Gasteiger partial charge < -0.3 is 8.85 Å². The van der Waals surface area contributed by atoms with E-state index in [4.69, 9.17) is 8.85 Å². The van der Waals surface area contributed by atoms with E-state index < -0.39 is 8.56 Å². The molecule has 2 saturated carbocycles. The van der Waals surface area contributed by atoms with Crippen LogP contribution in [0.1, 0.15) is 92.9 Å². The molecule has 0 bridgehead atoms. The van der Waals surface area contributed by atoms with Crippen molar-refractivity contribution in [3.8, 4) is 0 Å². The Kier molecular flexibility index (Phi) is 6.88. The van der Waals surface area contributed by atoms with E-state index in [0.717, 1.165) is 11.8 Å². The first-order chi connectivity index (χ1) is 11.5. The van der Waals surface area contributed by atoms with Gasteiger partial charge >= 0.3 is 8.56 Å². The molecule has 0 aromatic rings. The third kappa shape index (κ3) is 4.71. The molecule has 0 aliphatic heterocycles. The molecule has 25 heavy (non-hydrogen) atoms. The van der Waals surface area contributed by atoms with Gasteiger partial charge in [-0.05, 0) is 61.2 Å². The zero-order valence-corrected chi connectivity index (χ0v) is 19.3. The van der Waals surface area contributed by atoms with Crippen LogP contribution in [0.2, 0.25) is 11.1 Å².